The molecule has 0 aliphatic heterocycles. The summed E-state index contributed by atoms with van der Waals surface area (Å²) >= 11 is 6.01. The Morgan fingerprint density at radius 1 is 1.26 bits per heavy atom. The Labute approximate surface area is 161 Å². The molecule has 0 bridgehead atoms. The maximum Gasteiger partial charge on any atom is 0.142 e. The highest BCUT2D eigenvalue weighted by molar-refractivity contribution is 6.30. The standard InChI is InChI=1S/C20H18ClFN4O/c21-16-4-1-3-14(9-16)11-27-25-20-15(10-26-13-23-12-24-26)7-8-17-18(20)5-2-6-19(17)22/h1-6,9,12-13,15H,7-8,10-11H2/b25-20-. The van der Waals surface area contributed by atoms with Gasteiger partial charge in [0.2, 0.25) is 0 Å². The predicted molar refractivity (Wildman–Crippen MR) is 101 cm³/mol. The van der Waals surface area contributed by atoms with Gasteiger partial charge in [-0.1, -0.05) is 41.0 Å². The average molecular weight is 385 g/mol. The number of hydrogen-bond donors (Lipinski definition) is 0. The zero-order chi connectivity index (χ0) is 18.6. The number of nitrogens with zero attached hydrogens (tertiary/aromatic N) is 4. The quantitative estimate of drug-likeness (QED) is 0.618. The third-order valence-electron chi connectivity index (χ3n) is 4.68. The fourth-order valence-electron chi connectivity index (χ4n) is 3.39. The van der Waals surface area contributed by atoms with Gasteiger partial charge in [0, 0.05) is 16.5 Å². The highest BCUT2D eigenvalue weighted by Gasteiger charge is 2.28. The van der Waals surface area contributed by atoms with E-state index in [0.29, 0.717) is 30.2 Å². The molecule has 0 saturated carbocycles. The third-order valence-corrected chi connectivity index (χ3v) is 4.92. The van der Waals surface area contributed by atoms with E-state index in [-0.39, 0.29) is 11.7 Å². The van der Waals surface area contributed by atoms with Crippen LogP contribution in [0.25, 0.3) is 0 Å². The minimum absolute atomic E-state index is 0.0698. The summed E-state index contributed by atoms with van der Waals surface area (Å²) in [5.41, 5.74) is 3.16. The maximum atomic E-state index is 14.2. The molecule has 1 atom stereocenters. The van der Waals surface area contributed by atoms with Crippen LogP contribution >= 0.6 is 11.6 Å². The van der Waals surface area contributed by atoms with Gasteiger partial charge in [0.1, 0.15) is 25.1 Å². The predicted octanol–water partition coefficient (Wildman–Crippen LogP) is 4.25. The fraction of sp³-hybridized carbons (Fsp3) is 0.250. The molecule has 5 nitrogen and oxygen atoms in total. The van der Waals surface area contributed by atoms with Crippen molar-refractivity contribution in [2.75, 3.05) is 0 Å². The van der Waals surface area contributed by atoms with E-state index in [1.165, 1.54) is 12.4 Å². The van der Waals surface area contributed by atoms with Gasteiger partial charge in [-0.2, -0.15) is 5.10 Å². The molecule has 2 aromatic carbocycles. The topological polar surface area (TPSA) is 52.3 Å². The van der Waals surface area contributed by atoms with Gasteiger partial charge in [-0.05, 0) is 42.2 Å². The van der Waals surface area contributed by atoms with Crippen molar-refractivity contribution in [2.24, 2.45) is 11.1 Å². The molecule has 0 amide bonds. The summed E-state index contributed by atoms with van der Waals surface area (Å²) in [5.74, 6) is -0.130. The van der Waals surface area contributed by atoms with Gasteiger partial charge >= 0.3 is 0 Å². The van der Waals surface area contributed by atoms with E-state index in [1.807, 2.05) is 30.3 Å². The lowest BCUT2D eigenvalue weighted by Crippen LogP contribution is -2.28. The molecule has 0 radical (unpaired) electrons. The number of aromatic nitrogens is 3. The summed E-state index contributed by atoms with van der Waals surface area (Å²) in [6.45, 7) is 0.917. The van der Waals surface area contributed by atoms with Crippen LogP contribution in [0.5, 0.6) is 0 Å². The Balaban J connectivity index is 1.60. The van der Waals surface area contributed by atoms with E-state index in [4.69, 9.17) is 16.4 Å². The molecule has 0 fully saturated rings. The Morgan fingerprint density at radius 2 is 2.15 bits per heavy atom. The SMILES string of the molecule is Fc1cccc2c1CCC(Cn1cncn1)/C2=N/OCc1cccc(Cl)c1. The number of halogens is 2. The van der Waals surface area contributed by atoms with Crippen LogP contribution in [0.4, 0.5) is 4.39 Å². The number of benzene rings is 2. The van der Waals surface area contributed by atoms with Crippen molar-refractivity contribution < 1.29 is 9.23 Å². The van der Waals surface area contributed by atoms with Crippen LogP contribution in [0.3, 0.4) is 0 Å². The fourth-order valence-corrected chi connectivity index (χ4v) is 3.60. The second-order valence-corrected chi connectivity index (χ2v) is 6.94. The van der Waals surface area contributed by atoms with E-state index in [9.17, 15) is 4.39 Å². The van der Waals surface area contributed by atoms with Crippen LogP contribution in [0.2, 0.25) is 5.02 Å². The second kappa shape index (κ2) is 7.88. The largest absolute Gasteiger partial charge is 0.391 e. The van der Waals surface area contributed by atoms with Gasteiger partial charge in [-0.25, -0.2) is 9.37 Å². The Kier molecular flexibility index (Phi) is 5.16. The molecule has 0 N–H and O–H groups in total. The highest BCUT2D eigenvalue weighted by Crippen LogP contribution is 2.29. The molecule has 138 valence electrons. The second-order valence-electron chi connectivity index (χ2n) is 6.50. The minimum Gasteiger partial charge on any atom is -0.391 e. The molecule has 1 aliphatic carbocycles. The number of hydrogen-bond acceptors (Lipinski definition) is 4. The summed E-state index contributed by atoms with van der Waals surface area (Å²) in [6, 6.07) is 12.5. The summed E-state index contributed by atoms with van der Waals surface area (Å²) in [5, 5.41) is 9.23. The maximum absolute atomic E-state index is 14.2. The van der Waals surface area contributed by atoms with Crippen molar-refractivity contribution in [3.63, 3.8) is 0 Å². The van der Waals surface area contributed by atoms with Gasteiger partial charge in [0.05, 0.1) is 12.3 Å². The molecule has 0 spiro atoms. The summed E-state index contributed by atoms with van der Waals surface area (Å²) < 4.78 is 16.0. The zero-order valence-electron chi connectivity index (χ0n) is 14.6. The molecule has 0 saturated heterocycles. The van der Waals surface area contributed by atoms with Crippen LogP contribution in [-0.4, -0.2) is 20.5 Å². The van der Waals surface area contributed by atoms with Crippen LogP contribution in [-0.2, 0) is 24.4 Å². The van der Waals surface area contributed by atoms with Gasteiger partial charge in [0.25, 0.3) is 0 Å². The summed E-state index contributed by atoms with van der Waals surface area (Å²) in [4.78, 5) is 9.61. The van der Waals surface area contributed by atoms with Crippen LogP contribution < -0.4 is 0 Å². The van der Waals surface area contributed by atoms with Crippen molar-refractivity contribution >= 4 is 17.3 Å². The first-order chi connectivity index (χ1) is 13.2. The molecule has 1 aliphatic rings. The van der Waals surface area contributed by atoms with Crippen LogP contribution in [0.15, 0.2) is 60.3 Å². The van der Waals surface area contributed by atoms with Crippen molar-refractivity contribution in [1.82, 2.24) is 14.8 Å². The normalized spacial score (nSPS) is 17.7. The molecule has 1 unspecified atom stereocenters. The number of rotatable bonds is 5. The zero-order valence-corrected chi connectivity index (χ0v) is 15.3. The Morgan fingerprint density at radius 3 is 2.96 bits per heavy atom. The lowest BCUT2D eigenvalue weighted by molar-refractivity contribution is 0.128. The van der Waals surface area contributed by atoms with Gasteiger partial charge in [-0.15, -0.1) is 0 Å². The smallest absolute Gasteiger partial charge is 0.142 e. The van der Waals surface area contributed by atoms with Crippen molar-refractivity contribution in [2.45, 2.75) is 26.0 Å². The monoisotopic (exact) mass is 384 g/mol. The first-order valence-electron chi connectivity index (χ1n) is 8.75. The molecule has 1 heterocycles. The Bertz CT molecular complexity index is 958. The van der Waals surface area contributed by atoms with Gasteiger partial charge < -0.3 is 4.84 Å². The minimum atomic E-state index is -0.200. The van der Waals surface area contributed by atoms with E-state index in [1.54, 1.807) is 17.1 Å². The molecular formula is C20H18ClFN4O. The van der Waals surface area contributed by atoms with Crippen molar-refractivity contribution in [3.8, 4) is 0 Å². The molecule has 4 rings (SSSR count). The lowest BCUT2D eigenvalue weighted by Gasteiger charge is -2.26. The summed E-state index contributed by atoms with van der Waals surface area (Å²) in [6.07, 6.45) is 4.61. The van der Waals surface area contributed by atoms with E-state index >= 15 is 0 Å². The molecule has 27 heavy (non-hydrogen) atoms. The highest BCUT2D eigenvalue weighted by atomic mass is 35.5. The average Bonchev–Trinajstić information content (AvgIpc) is 3.17. The van der Waals surface area contributed by atoms with E-state index in [2.05, 4.69) is 15.2 Å². The molecule has 1 aromatic heterocycles. The molecular weight excluding hydrogens is 367 g/mol. The number of oxime groups is 1. The first-order valence-corrected chi connectivity index (χ1v) is 9.13. The van der Waals surface area contributed by atoms with Crippen LogP contribution in [0.1, 0.15) is 23.1 Å². The molecule has 3 aromatic rings. The van der Waals surface area contributed by atoms with E-state index < -0.39 is 0 Å². The van der Waals surface area contributed by atoms with E-state index in [0.717, 1.165) is 23.3 Å². The van der Waals surface area contributed by atoms with Crippen LogP contribution in [0, 0.1) is 11.7 Å². The molecule has 7 heteroatoms. The van der Waals surface area contributed by atoms with Crippen molar-refractivity contribution in [1.29, 1.82) is 0 Å². The lowest BCUT2D eigenvalue weighted by atomic mass is 9.82. The Hall–Kier alpha value is -2.73. The third kappa shape index (κ3) is 4.01. The summed E-state index contributed by atoms with van der Waals surface area (Å²) in [7, 11) is 0. The van der Waals surface area contributed by atoms with Gasteiger partial charge in [0.15, 0.2) is 0 Å². The first kappa shape index (κ1) is 17.7. The van der Waals surface area contributed by atoms with Gasteiger partial charge in [-0.3, -0.25) is 4.68 Å². The van der Waals surface area contributed by atoms with Crippen molar-refractivity contribution in [3.05, 3.63) is 82.6 Å². The number of fused-ring (bicyclic) bond motifs is 1.